The summed E-state index contributed by atoms with van der Waals surface area (Å²) in [5.41, 5.74) is -1.03. The molecule has 0 spiro atoms. The number of halogens is 4. The van der Waals surface area contributed by atoms with Gasteiger partial charge in [0.1, 0.15) is 11.4 Å². The molecular formula is C21H22F4N6O2. The standard InChI is InChI=1S/C21H22F4N6O2/c1-12(22)19(33)29-17-8-4-3-7-16(17)28-18-15(21(23,24)25)10-26-20(30-18)27-14-6-5-9-31(11-14)13(2)32/h3-4,7-8,10,14H,1,5-6,9,11H2,2H3,(H,29,33)(H2,26,27,28,30)/t14-/m0/s1. The molecule has 176 valence electrons. The molecule has 1 aromatic carbocycles. The van der Waals surface area contributed by atoms with Crippen LogP contribution in [0.5, 0.6) is 0 Å². The van der Waals surface area contributed by atoms with Gasteiger partial charge in [-0.2, -0.15) is 18.2 Å². The number of aromatic nitrogens is 2. The Morgan fingerprint density at radius 2 is 1.91 bits per heavy atom. The van der Waals surface area contributed by atoms with Crippen LogP contribution in [0.2, 0.25) is 0 Å². The lowest BCUT2D eigenvalue weighted by atomic mass is 10.1. The molecule has 0 radical (unpaired) electrons. The first kappa shape index (κ1) is 24.0. The second-order valence-electron chi connectivity index (χ2n) is 7.43. The van der Waals surface area contributed by atoms with Crippen molar-refractivity contribution in [1.29, 1.82) is 0 Å². The Morgan fingerprint density at radius 1 is 1.21 bits per heavy atom. The molecule has 3 N–H and O–H groups in total. The zero-order valence-corrected chi connectivity index (χ0v) is 17.7. The minimum atomic E-state index is -4.76. The van der Waals surface area contributed by atoms with Crippen LogP contribution in [-0.2, 0) is 15.8 Å². The van der Waals surface area contributed by atoms with Crippen molar-refractivity contribution in [2.24, 2.45) is 0 Å². The van der Waals surface area contributed by atoms with Crippen molar-refractivity contribution in [2.75, 3.05) is 29.0 Å². The third kappa shape index (κ3) is 6.18. The average Bonchev–Trinajstić information content (AvgIpc) is 2.74. The molecule has 1 fully saturated rings. The summed E-state index contributed by atoms with van der Waals surface area (Å²) in [5, 5.41) is 7.76. The Morgan fingerprint density at radius 3 is 2.55 bits per heavy atom. The number of nitrogens with one attached hydrogen (secondary N) is 3. The zero-order valence-electron chi connectivity index (χ0n) is 17.7. The van der Waals surface area contributed by atoms with Crippen LogP contribution in [0.25, 0.3) is 0 Å². The lowest BCUT2D eigenvalue weighted by Crippen LogP contribution is -2.44. The third-order valence-electron chi connectivity index (χ3n) is 4.97. The van der Waals surface area contributed by atoms with Crippen LogP contribution in [0.15, 0.2) is 42.9 Å². The fraction of sp³-hybridized carbons (Fsp3) is 0.333. The molecule has 8 nitrogen and oxygen atoms in total. The Bertz CT molecular complexity index is 1060. The van der Waals surface area contributed by atoms with Crippen LogP contribution < -0.4 is 16.0 Å². The van der Waals surface area contributed by atoms with E-state index in [-0.39, 0.29) is 29.3 Å². The molecule has 1 saturated heterocycles. The van der Waals surface area contributed by atoms with Gasteiger partial charge in [0.15, 0.2) is 5.83 Å². The van der Waals surface area contributed by atoms with Crippen molar-refractivity contribution in [3.63, 3.8) is 0 Å². The number of amides is 2. The molecule has 2 aromatic rings. The van der Waals surface area contributed by atoms with Gasteiger partial charge in [-0.15, -0.1) is 0 Å². The molecule has 2 heterocycles. The SMILES string of the molecule is C=C(F)C(=O)Nc1ccccc1Nc1nc(N[C@H]2CCCN(C(C)=O)C2)ncc1C(F)(F)F. The predicted molar refractivity (Wildman–Crippen MR) is 115 cm³/mol. The molecule has 3 rings (SSSR count). The van der Waals surface area contributed by atoms with E-state index < -0.39 is 29.3 Å². The van der Waals surface area contributed by atoms with Gasteiger partial charge in [-0.25, -0.2) is 9.37 Å². The number of anilines is 4. The summed E-state index contributed by atoms with van der Waals surface area (Å²) in [6, 6.07) is 5.60. The molecular weight excluding hydrogens is 444 g/mol. The Balaban J connectivity index is 1.89. The lowest BCUT2D eigenvalue weighted by Gasteiger charge is -2.32. The number of para-hydroxylation sites is 2. The second kappa shape index (κ2) is 9.84. The third-order valence-corrected chi connectivity index (χ3v) is 4.97. The van der Waals surface area contributed by atoms with Gasteiger partial charge in [0, 0.05) is 32.3 Å². The quantitative estimate of drug-likeness (QED) is 0.438. The summed E-state index contributed by atoms with van der Waals surface area (Å²) >= 11 is 0. The molecule has 0 aliphatic carbocycles. The van der Waals surface area contributed by atoms with Gasteiger partial charge >= 0.3 is 6.18 Å². The number of hydrogen-bond donors (Lipinski definition) is 3. The summed E-state index contributed by atoms with van der Waals surface area (Å²) in [6.45, 7) is 5.34. The second-order valence-corrected chi connectivity index (χ2v) is 7.43. The molecule has 1 atom stereocenters. The van der Waals surface area contributed by atoms with Crippen LogP contribution in [0.4, 0.5) is 40.7 Å². The van der Waals surface area contributed by atoms with Crippen molar-refractivity contribution in [3.8, 4) is 0 Å². The highest BCUT2D eigenvalue weighted by Gasteiger charge is 2.36. The minimum absolute atomic E-state index is 0.0342. The van der Waals surface area contributed by atoms with E-state index in [1.807, 2.05) is 0 Å². The molecule has 1 aliphatic heterocycles. The van der Waals surface area contributed by atoms with E-state index >= 15 is 0 Å². The number of carbonyl (C=O) groups is 2. The monoisotopic (exact) mass is 466 g/mol. The number of alkyl halides is 3. The summed E-state index contributed by atoms with van der Waals surface area (Å²) in [6.07, 6.45) is -2.69. The van der Waals surface area contributed by atoms with Gasteiger partial charge in [0.05, 0.1) is 11.4 Å². The number of rotatable bonds is 6. The molecule has 2 amide bonds. The summed E-state index contributed by atoms with van der Waals surface area (Å²) in [5.74, 6) is -3.08. The van der Waals surface area contributed by atoms with Crippen LogP contribution in [0.1, 0.15) is 25.3 Å². The van der Waals surface area contributed by atoms with Crippen molar-refractivity contribution >= 4 is 35.0 Å². The number of likely N-dealkylation sites (tertiary alicyclic amines) is 1. The zero-order chi connectivity index (χ0) is 24.2. The topological polar surface area (TPSA) is 99.2 Å². The highest BCUT2D eigenvalue weighted by atomic mass is 19.4. The minimum Gasteiger partial charge on any atom is -0.350 e. The van der Waals surface area contributed by atoms with E-state index in [4.69, 9.17) is 0 Å². The van der Waals surface area contributed by atoms with E-state index in [0.717, 1.165) is 6.42 Å². The molecule has 1 aromatic heterocycles. The highest BCUT2D eigenvalue weighted by molar-refractivity contribution is 6.03. The lowest BCUT2D eigenvalue weighted by molar-refractivity contribution is -0.137. The van der Waals surface area contributed by atoms with Crippen LogP contribution in [0.3, 0.4) is 0 Å². The molecule has 1 aliphatic rings. The van der Waals surface area contributed by atoms with Crippen molar-refractivity contribution in [1.82, 2.24) is 14.9 Å². The fourth-order valence-corrected chi connectivity index (χ4v) is 3.34. The Labute approximate surface area is 187 Å². The van der Waals surface area contributed by atoms with E-state index in [2.05, 4.69) is 32.5 Å². The van der Waals surface area contributed by atoms with Crippen LogP contribution in [-0.4, -0.2) is 45.8 Å². The predicted octanol–water partition coefficient (Wildman–Crippen LogP) is 4.08. The maximum absolute atomic E-state index is 13.6. The molecule has 12 heteroatoms. The van der Waals surface area contributed by atoms with Gasteiger partial charge in [-0.1, -0.05) is 18.7 Å². The molecule has 0 bridgehead atoms. The van der Waals surface area contributed by atoms with Crippen molar-refractivity contribution < 1.29 is 27.2 Å². The maximum Gasteiger partial charge on any atom is 0.421 e. The number of nitrogens with zero attached hydrogens (tertiary/aromatic N) is 3. The highest BCUT2D eigenvalue weighted by Crippen LogP contribution is 2.36. The van der Waals surface area contributed by atoms with Gasteiger partial charge in [0.2, 0.25) is 11.9 Å². The molecule has 0 saturated carbocycles. The van der Waals surface area contributed by atoms with Crippen molar-refractivity contribution in [3.05, 3.63) is 48.4 Å². The van der Waals surface area contributed by atoms with Gasteiger partial charge in [-0.05, 0) is 25.0 Å². The molecule has 0 unspecified atom stereocenters. The average molecular weight is 466 g/mol. The maximum atomic E-state index is 13.6. The number of benzene rings is 1. The number of piperidine rings is 1. The summed E-state index contributed by atoms with van der Waals surface area (Å²) < 4.78 is 53.8. The first-order valence-corrected chi connectivity index (χ1v) is 10.0. The number of hydrogen-bond acceptors (Lipinski definition) is 6. The van der Waals surface area contributed by atoms with Gasteiger partial charge < -0.3 is 20.9 Å². The first-order valence-electron chi connectivity index (χ1n) is 10.0. The smallest absolute Gasteiger partial charge is 0.350 e. The summed E-state index contributed by atoms with van der Waals surface area (Å²) in [4.78, 5) is 32.7. The Hall–Kier alpha value is -3.70. The Kier molecular flexibility index (Phi) is 7.14. The largest absolute Gasteiger partial charge is 0.421 e. The van der Waals surface area contributed by atoms with E-state index in [1.54, 1.807) is 4.90 Å². The normalized spacial score (nSPS) is 16.2. The summed E-state index contributed by atoms with van der Waals surface area (Å²) in [7, 11) is 0. The molecule has 33 heavy (non-hydrogen) atoms. The van der Waals surface area contributed by atoms with E-state index in [1.165, 1.54) is 31.2 Å². The van der Waals surface area contributed by atoms with Gasteiger partial charge in [-0.3, -0.25) is 9.59 Å². The van der Waals surface area contributed by atoms with Crippen LogP contribution in [0, 0.1) is 0 Å². The fourth-order valence-electron chi connectivity index (χ4n) is 3.34. The van der Waals surface area contributed by atoms with Crippen molar-refractivity contribution in [2.45, 2.75) is 32.0 Å². The van der Waals surface area contributed by atoms with Gasteiger partial charge in [0.25, 0.3) is 5.91 Å². The number of carbonyl (C=O) groups excluding carboxylic acids is 2. The van der Waals surface area contributed by atoms with E-state index in [9.17, 15) is 27.2 Å². The van der Waals surface area contributed by atoms with Crippen LogP contribution >= 0.6 is 0 Å². The van der Waals surface area contributed by atoms with E-state index in [0.29, 0.717) is 25.7 Å². The first-order chi connectivity index (χ1) is 15.5.